The van der Waals surface area contributed by atoms with Crippen molar-refractivity contribution in [2.45, 2.75) is 38.3 Å². The van der Waals surface area contributed by atoms with Gasteiger partial charge in [-0.1, -0.05) is 18.2 Å². The molecule has 1 aliphatic rings. The summed E-state index contributed by atoms with van der Waals surface area (Å²) in [5, 5.41) is 5.65. The Bertz CT molecular complexity index is 640. The summed E-state index contributed by atoms with van der Waals surface area (Å²) in [4.78, 5) is 16.2. The van der Waals surface area contributed by atoms with Crippen molar-refractivity contribution in [2.75, 3.05) is 5.32 Å². The van der Waals surface area contributed by atoms with Crippen LogP contribution in [0.2, 0.25) is 0 Å². The molecular weight excluding hydrogens is 290 g/mol. The predicted molar refractivity (Wildman–Crippen MR) is 89.4 cm³/mol. The zero-order valence-electron chi connectivity index (χ0n) is 13.0. The first-order valence-electron chi connectivity index (χ1n) is 8.02. The van der Waals surface area contributed by atoms with Crippen LogP contribution in [0.4, 0.5) is 10.5 Å². The van der Waals surface area contributed by atoms with Gasteiger partial charge in [0, 0.05) is 6.20 Å². The Morgan fingerprint density at radius 2 is 1.91 bits per heavy atom. The predicted octanol–water partition coefficient (Wildman–Crippen LogP) is 3.72. The number of benzene rings is 1. The van der Waals surface area contributed by atoms with E-state index in [0.717, 1.165) is 24.3 Å². The molecule has 3 rings (SSSR count). The molecule has 1 saturated carbocycles. The summed E-state index contributed by atoms with van der Waals surface area (Å²) in [7, 11) is 0. The van der Waals surface area contributed by atoms with E-state index in [1.54, 1.807) is 6.20 Å². The molecule has 1 aromatic carbocycles. The molecule has 0 radical (unpaired) electrons. The Labute approximate surface area is 136 Å². The SMILES string of the molecule is O=C(NCc1ccccn1)Nc1ccccc1OC1CCCC1. The number of para-hydroxylation sites is 2. The van der Waals surface area contributed by atoms with E-state index >= 15 is 0 Å². The molecule has 0 atom stereocenters. The Hall–Kier alpha value is -2.56. The monoisotopic (exact) mass is 311 g/mol. The van der Waals surface area contributed by atoms with E-state index in [4.69, 9.17) is 4.74 Å². The second kappa shape index (κ2) is 7.63. The summed E-state index contributed by atoms with van der Waals surface area (Å²) in [6.45, 7) is 0.387. The Morgan fingerprint density at radius 3 is 2.70 bits per heavy atom. The molecule has 5 heteroatoms. The van der Waals surface area contributed by atoms with Gasteiger partial charge in [0.1, 0.15) is 5.75 Å². The van der Waals surface area contributed by atoms with Gasteiger partial charge in [-0.2, -0.15) is 0 Å². The van der Waals surface area contributed by atoms with Gasteiger partial charge in [-0.15, -0.1) is 0 Å². The molecule has 0 aliphatic heterocycles. The largest absolute Gasteiger partial charge is 0.488 e. The maximum Gasteiger partial charge on any atom is 0.319 e. The lowest BCUT2D eigenvalue weighted by Gasteiger charge is -2.17. The van der Waals surface area contributed by atoms with Crippen LogP contribution in [0.5, 0.6) is 5.75 Å². The highest BCUT2D eigenvalue weighted by Crippen LogP contribution is 2.29. The number of carbonyl (C=O) groups excluding carboxylic acids is 1. The minimum Gasteiger partial charge on any atom is -0.488 e. The molecular formula is C18H21N3O2. The number of hydrogen-bond donors (Lipinski definition) is 2. The quantitative estimate of drug-likeness (QED) is 0.884. The second-order valence-corrected chi connectivity index (χ2v) is 5.65. The number of amides is 2. The van der Waals surface area contributed by atoms with Crippen LogP contribution in [0.15, 0.2) is 48.7 Å². The highest BCUT2D eigenvalue weighted by Gasteiger charge is 2.18. The number of urea groups is 1. The van der Waals surface area contributed by atoms with Gasteiger partial charge in [0.15, 0.2) is 0 Å². The van der Waals surface area contributed by atoms with Gasteiger partial charge in [0.05, 0.1) is 24.0 Å². The van der Waals surface area contributed by atoms with E-state index in [1.165, 1.54) is 12.8 Å². The fourth-order valence-electron chi connectivity index (χ4n) is 2.70. The normalized spacial score (nSPS) is 14.4. The first-order chi connectivity index (χ1) is 11.3. The van der Waals surface area contributed by atoms with Gasteiger partial charge >= 0.3 is 6.03 Å². The molecule has 0 spiro atoms. The van der Waals surface area contributed by atoms with Crippen molar-refractivity contribution in [2.24, 2.45) is 0 Å². The van der Waals surface area contributed by atoms with Crippen LogP contribution < -0.4 is 15.4 Å². The number of ether oxygens (including phenoxy) is 1. The standard InChI is InChI=1S/C18H21N3O2/c22-18(20-13-14-7-5-6-12-19-14)21-16-10-3-4-11-17(16)23-15-8-1-2-9-15/h3-7,10-12,15H,1-2,8-9,13H2,(H2,20,21,22). The number of rotatable bonds is 5. The molecule has 1 fully saturated rings. The Morgan fingerprint density at radius 1 is 1.13 bits per heavy atom. The van der Waals surface area contributed by atoms with E-state index < -0.39 is 0 Å². The molecule has 1 aromatic heterocycles. The zero-order valence-corrected chi connectivity index (χ0v) is 13.0. The average molecular weight is 311 g/mol. The summed E-state index contributed by atoms with van der Waals surface area (Å²) >= 11 is 0. The maximum atomic E-state index is 12.1. The van der Waals surface area contributed by atoms with E-state index in [9.17, 15) is 4.79 Å². The van der Waals surface area contributed by atoms with Gasteiger partial charge in [0.2, 0.25) is 0 Å². The van der Waals surface area contributed by atoms with Gasteiger partial charge in [-0.05, 0) is 49.9 Å². The third kappa shape index (κ3) is 4.45. The topological polar surface area (TPSA) is 63.2 Å². The third-order valence-corrected chi connectivity index (χ3v) is 3.89. The third-order valence-electron chi connectivity index (χ3n) is 3.89. The Kier molecular flexibility index (Phi) is 5.09. The average Bonchev–Trinajstić information content (AvgIpc) is 3.09. The molecule has 2 aromatic rings. The van der Waals surface area contributed by atoms with Crippen LogP contribution in [0.25, 0.3) is 0 Å². The highest BCUT2D eigenvalue weighted by atomic mass is 16.5. The molecule has 1 heterocycles. The van der Waals surface area contributed by atoms with Gasteiger partial charge in [0.25, 0.3) is 0 Å². The zero-order chi connectivity index (χ0) is 15.9. The summed E-state index contributed by atoms with van der Waals surface area (Å²) < 4.78 is 6.02. The smallest absolute Gasteiger partial charge is 0.319 e. The lowest BCUT2D eigenvalue weighted by Crippen LogP contribution is -2.28. The number of carbonyl (C=O) groups is 1. The number of pyridine rings is 1. The van der Waals surface area contributed by atoms with Crippen molar-refractivity contribution in [3.63, 3.8) is 0 Å². The molecule has 0 saturated heterocycles. The van der Waals surface area contributed by atoms with Crippen molar-refractivity contribution in [3.05, 3.63) is 54.4 Å². The molecule has 0 unspecified atom stereocenters. The number of hydrogen-bond acceptors (Lipinski definition) is 3. The summed E-state index contributed by atoms with van der Waals surface area (Å²) in [6.07, 6.45) is 6.56. The highest BCUT2D eigenvalue weighted by molar-refractivity contribution is 5.90. The molecule has 1 aliphatic carbocycles. The minimum atomic E-state index is -0.266. The van der Waals surface area contributed by atoms with Crippen LogP contribution >= 0.6 is 0 Å². The van der Waals surface area contributed by atoms with Gasteiger partial charge in [-0.3, -0.25) is 4.98 Å². The fourth-order valence-corrected chi connectivity index (χ4v) is 2.70. The summed E-state index contributed by atoms with van der Waals surface area (Å²) in [5.74, 6) is 0.729. The molecule has 2 amide bonds. The first-order valence-corrected chi connectivity index (χ1v) is 8.02. The van der Waals surface area contributed by atoms with E-state index in [1.807, 2.05) is 42.5 Å². The van der Waals surface area contributed by atoms with E-state index in [2.05, 4.69) is 15.6 Å². The second-order valence-electron chi connectivity index (χ2n) is 5.65. The number of anilines is 1. The van der Waals surface area contributed by atoms with Crippen LogP contribution in [0.3, 0.4) is 0 Å². The summed E-state index contributed by atoms with van der Waals surface area (Å²) in [5.41, 5.74) is 1.51. The van der Waals surface area contributed by atoms with Crippen molar-refractivity contribution in [1.29, 1.82) is 0 Å². The van der Waals surface area contributed by atoms with Crippen molar-refractivity contribution < 1.29 is 9.53 Å². The van der Waals surface area contributed by atoms with Crippen LogP contribution in [0.1, 0.15) is 31.4 Å². The van der Waals surface area contributed by atoms with Crippen molar-refractivity contribution in [1.82, 2.24) is 10.3 Å². The van der Waals surface area contributed by atoms with E-state index in [-0.39, 0.29) is 12.1 Å². The summed E-state index contributed by atoms with van der Waals surface area (Å²) in [6, 6.07) is 12.9. The lowest BCUT2D eigenvalue weighted by atomic mass is 10.2. The first kappa shape index (κ1) is 15.3. The molecule has 5 nitrogen and oxygen atoms in total. The van der Waals surface area contributed by atoms with Crippen molar-refractivity contribution in [3.8, 4) is 5.75 Å². The van der Waals surface area contributed by atoms with Crippen LogP contribution in [0, 0.1) is 0 Å². The Balaban J connectivity index is 1.57. The molecule has 23 heavy (non-hydrogen) atoms. The minimum absolute atomic E-state index is 0.259. The van der Waals surface area contributed by atoms with Crippen LogP contribution in [-0.2, 0) is 6.54 Å². The van der Waals surface area contributed by atoms with E-state index in [0.29, 0.717) is 12.2 Å². The molecule has 120 valence electrons. The molecule has 0 bridgehead atoms. The number of aromatic nitrogens is 1. The molecule has 2 N–H and O–H groups in total. The van der Waals surface area contributed by atoms with Gasteiger partial charge in [-0.25, -0.2) is 4.79 Å². The number of nitrogens with zero attached hydrogens (tertiary/aromatic N) is 1. The fraction of sp³-hybridized carbons (Fsp3) is 0.333. The lowest BCUT2D eigenvalue weighted by molar-refractivity contribution is 0.211. The maximum absolute atomic E-state index is 12.1. The van der Waals surface area contributed by atoms with Crippen LogP contribution in [-0.4, -0.2) is 17.1 Å². The van der Waals surface area contributed by atoms with Crippen molar-refractivity contribution >= 4 is 11.7 Å². The van der Waals surface area contributed by atoms with Gasteiger partial charge < -0.3 is 15.4 Å². The number of nitrogens with one attached hydrogen (secondary N) is 2.